The predicted molar refractivity (Wildman–Crippen MR) is 99.8 cm³/mol. The fourth-order valence-corrected chi connectivity index (χ4v) is 4.34. The van der Waals surface area contributed by atoms with E-state index < -0.39 is 18.0 Å². The van der Waals surface area contributed by atoms with Crippen LogP contribution in [-0.2, 0) is 23.9 Å². The highest BCUT2D eigenvalue weighted by atomic mass is 35.5. The number of esters is 2. The normalized spacial score (nSPS) is 19.3. The minimum absolute atomic E-state index is 0.0215. The zero-order valence-corrected chi connectivity index (χ0v) is 16.3. The molecule has 0 N–H and O–H groups in total. The third-order valence-corrected chi connectivity index (χ3v) is 5.39. The summed E-state index contributed by atoms with van der Waals surface area (Å²) in [4.78, 5) is 38.2. The Bertz CT molecular complexity index is 669. The molecule has 2 rings (SSSR count). The van der Waals surface area contributed by atoms with Crippen molar-refractivity contribution in [3.05, 3.63) is 34.9 Å². The maximum absolute atomic E-state index is 12.8. The van der Waals surface area contributed by atoms with E-state index in [1.165, 1.54) is 16.7 Å². The third-order valence-electron chi connectivity index (χ3n) is 3.83. The lowest BCUT2D eigenvalue weighted by Gasteiger charge is -2.28. The number of hydrogen-bond acceptors (Lipinski definition) is 6. The fraction of sp³-hybridized carbons (Fsp3) is 0.500. The van der Waals surface area contributed by atoms with Crippen molar-refractivity contribution in [2.24, 2.45) is 0 Å². The molecule has 1 fully saturated rings. The van der Waals surface area contributed by atoms with Crippen molar-refractivity contribution in [3.8, 4) is 0 Å². The molecular formula is C18H22ClNO5S. The molecule has 0 radical (unpaired) electrons. The second-order valence-electron chi connectivity index (χ2n) is 5.61. The van der Waals surface area contributed by atoms with Crippen LogP contribution in [0.15, 0.2) is 24.3 Å². The van der Waals surface area contributed by atoms with Crippen molar-refractivity contribution in [1.29, 1.82) is 0 Å². The van der Waals surface area contributed by atoms with Crippen LogP contribution in [0.1, 0.15) is 37.6 Å². The Morgan fingerprint density at radius 3 is 2.58 bits per heavy atom. The number of benzene rings is 1. The lowest BCUT2D eigenvalue weighted by atomic mass is 10.1. The molecule has 6 nitrogen and oxygen atoms in total. The van der Waals surface area contributed by atoms with E-state index in [9.17, 15) is 14.4 Å². The van der Waals surface area contributed by atoms with Crippen LogP contribution in [0.4, 0.5) is 0 Å². The molecule has 0 spiro atoms. The molecule has 1 aromatic carbocycles. The second kappa shape index (κ2) is 9.83. The zero-order valence-electron chi connectivity index (χ0n) is 14.8. The van der Waals surface area contributed by atoms with Crippen LogP contribution in [0.5, 0.6) is 0 Å². The van der Waals surface area contributed by atoms with Gasteiger partial charge in [-0.15, -0.1) is 11.8 Å². The van der Waals surface area contributed by atoms with Crippen molar-refractivity contribution in [2.45, 2.75) is 38.1 Å². The maximum atomic E-state index is 12.8. The first-order valence-electron chi connectivity index (χ1n) is 8.48. The Balaban J connectivity index is 2.20. The first kappa shape index (κ1) is 20.6. The van der Waals surface area contributed by atoms with Gasteiger partial charge in [0.2, 0.25) is 5.91 Å². The van der Waals surface area contributed by atoms with Gasteiger partial charge >= 0.3 is 11.9 Å². The standard InChI is InChI=1S/C18H22ClNO5S/c1-3-24-16(22)9-8-15(21)20-14(18(23)25-4-2)11-26-17(20)12-6-5-7-13(19)10-12/h5-7,10,14,17H,3-4,8-9,11H2,1-2H3. The molecule has 142 valence electrons. The van der Waals surface area contributed by atoms with Crippen LogP contribution < -0.4 is 0 Å². The monoisotopic (exact) mass is 399 g/mol. The summed E-state index contributed by atoms with van der Waals surface area (Å²) in [7, 11) is 0. The van der Waals surface area contributed by atoms with Crippen molar-refractivity contribution in [1.82, 2.24) is 4.90 Å². The molecule has 1 amide bonds. The van der Waals surface area contributed by atoms with E-state index in [1.807, 2.05) is 6.07 Å². The van der Waals surface area contributed by atoms with Gasteiger partial charge in [-0.05, 0) is 31.5 Å². The smallest absolute Gasteiger partial charge is 0.329 e. The van der Waals surface area contributed by atoms with Crippen LogP contribution in [0.2, 0.25) is 5.02 Å². The summed E-state index contributed by atoms with van der Waals surface area (Å²) < 4.78 is 9.99. The molecule has 2 unspecified atom stereocenters. The van der Waals surface area contributed by atoms with Crippen LogP contribution in [0.3, 0.4) is 0 Å². The first-order valence-corrected chi connectivity index (χ1v) is 9.91. The van der Waals surface area contributed by atoms with Gasteiger partial charge in [0.25, 0.3) is 0 Å². The highest BCUT2D eigenvalue weighted by Crippen LogP contribution is 2.42. The van der Waals surface area contributed by atoms with Gasteiger partial charge in [0.1, 0.15) is 11.4 Å². The Morgan fingerprint density at radius 1 is 1.19 bits per heavy atom. The minimum Gasteiger partial charge on any atom is -0.466 e. The third kappa shape index (κ3) is 5.14. The van der Waals surface area contributed by atoms with E-state index in [2.05, 4.69) is 0 Å². The van der Waals surface area contributed by atoms with E-state index in [4.69, 9.17) is 21.1 Å². The highest BCUT2D eigenvalue weighted by molar-refractivity contribution is 7.99. The summed E-state index contributed by atoms with van der Waals surface area (Å²) in [6.07, 6.45) is -0.0436. The van der Waals surface area contributed by atoms with E-state index in [-0.39, 0.29) is 37.3 Å². The van der Waals surface area contributed by atoms with Gasteiger partial charge in [-0.1, -0.05) is 23.7 Å². The highest BCUT2D eigenvalue weighted by Gasteiger charge is 2.43. The molecule has 0 aliphatic carbocycles. The summed E-state index contributed by atoms with van der Waals surface area (Å²) >= 11 is 7.55. The van der Waals surface area contributed by atoms with Gasteiger partial charge in [0.15, 0.2) is 0 Å². The number of nitrogens with zero attached hydrogens (tertiary/aromatic N) is 1. The van der Waals surface area contributed by atoms with Crippen LogP contribution in [-0.4, -0.2) is 47.8 Å². The molecule has 1 heterocycles. The van der Waals surface area contributed by atoms with Crippen molar-refractivity contribution in [2.75, 3.05) is 19.0 Å². The summed E-state index contributed by atoms with van der Waals surface area (Å²) in [6, 6.07) is 6.51. The van der Waals surface area contributed by atoms with E-state index in [0.29, 0.717) is 10.8 Å². The number of hydrogen-bond donors (Lipinski definition) is 0. The van der Waals surface area contributed by atoms with E-state index >= 15 is 0 Å². The van der Waals surface area contributed by atoms with Gasteiger partial charge in [-0.3, -0.25) is 9.59 Å². The van der Waals surface area contributed by atoms with Crippen LogP contribution in [0.25, 0.3) is 0 Å². The van der Waals surface area contributed by atoms with Gasteiger partial charge in [0, 0.05) is 17.2 Å². The average molecular weight is 400 g/mol. The number of amides is 1. The van der Waals surface area contributed by atoms with Crippen molar-refractivity contribution < 1.29 is 23.9 Å². The molecule has 0 saturated carbocycles. The number of halogens is 1. The molecule has 0 aromatic heterocycles. The summed E-state index contributed by atoms with van der Waals surface area (Å²) in [6.45, 7) is 3.94. The Hall–Kier alpha value is -1.73. The van der Waals surface area contributed by atoms with E-state index in [0.717, 1.165) is 5.56 Å². The number of thioether (sulfide) groups is 1. The van der Waals surface area contributed by atoms with Gasteiger partial charge in [-0.25, -0.2) is 4.79 Å². The van der Waals surface area contributed by atoms with Crippen molar-refractivity contribution >= 4 is 41.2 Å². The second-order valence-corrected chi connectivity index (χ2v) is 7.16. The average Bonchev–Trinajstić information content (AvgIpc) is 3.05. The molecule has 2 atom stereocenters. The summed E-state index contributed by atoms with van der Waals surface area (Å²) in [5.41, 5.74) is 0.832. The topological polar surface area (TPSA) is 72.9 Å². The lowest BCUT2D eigenvalue weighted by Crippen LogP contribution is -2.44. The number of ether oxygens (including phenoxy) is 2. The molecule has 1 aromatic rings. The number of rotatable bonds is 7. The van der Waals surface area contributed by atoms with Gasteiger partial charge in [0.05, 0.1) is 19.6 Å². The van der Waals surface area contributed by atoms with E-state index in [1.54, 1.807) is 32.0 Å². The Morgan fingerprint density at radius 2 is 1.92 bits per heavy atom. The lowest BCUT2D eigenvalue weighted by molar-refractivity contribution is -0.154. The first-order chi connectivity index (χ1) is 12.5. The maximum Gasteiger partial charge on any atom is 0.329 e. The minimum atomic E-state index is -0.682. The summed E-state index contributed by atoms with van der Waals surface area (Å²) in [5.74, 6) is -0.721. The molecule has 1 saturated heterocycles. The molecule has 8 heteroatoms. The molecule has 1 aliphatic heterocycles. The van der Waals surface area contributed by atoms with Gasteiger partial charge < -0.3 is 14.4 Å². The molecular weight excluding hydrogens is 378 g/mol. The predicted octanol–water partition coefficient (Wildman–Crippen LogP) is 3.19. The largest absolute Gasteiger partial charge is 0.466 e. The molecule has 1 aliphatic rings. The SMILES string of the molecule is CCOC(=O)CCC(=O)N1C(C(=O)OCC)CSC1c1cccc(Cl)c1. The zero-order chi connectivity index (χ0) is 19.1. The fourth-order valence-electron chi connectivity index (χ4n) is 2.72. The van der Waals surface area contributed by atoms with Crippen molar-refractivity contribution in [3.63, 3.8) is 0 Å². The Kier molecular flexibility index (Phi) is 7.78. The Labute approximate surface area is 162 Å². The summed E-state index contributed by atoms with van der Waals surface area (Å²) in [5, 5.41) is 0.208. The number of carbonyl (C=O) groups is 3. The quantitative estimate of drug-likeness (QED) is 0.655. The van der Waals surface area contributed by atoms with Crippen LogP contribution >= 0.6 is 23.4 Å². The van der Waals surface area contributed by atoms with Crippen LogP contribution in [0, 0.1) is 0 Å². The van der Waals surface area contributed by atoms with Gasteiger partial charge in [-0.2, -0.15) is 0 Å². The number of carbonyl (C=O) groups excluding carboxylic acids is 3. The molecule has 0 bridgehead atoms. The molecule has 26 heavy (non-hydrogen) atoms.